The van der Waals surface area contributed by atoms with Gasteiger partial charge in [-0.15, -0.1) is 4.91 Å². The molecule has 80 valence electrons. The highest BCUT2D eigenvalue weighted by Crippen LogP contribution is 2.22. The van der Waals surface area contributed by atoms with Crippen LogP contribution in [0.2, 0.25) is 0 Å². The predicted molar refractivity (Wildman–Crippen MR) is 47.8 cm³/mol. The van der Waals surface area contributed by atoms with Crippen LogP contribution in [0.4, 0.5) is 14.5 Å². The number of esters is 1. The lowest BCUT2D eigenvalue weighted by atomic mass is 10.2. The number of carbonyl (C=O) groups is 1. The molecule has 15 heavy (non-hydrogen) atoms. The van der Waals surface area contributed by atoms with Crippen molar-refractivity contribution in [2.24, 2.45) is 5.18 Å². The zero-order valence-electron chi connectivity index (χ0n) is 7.79. The molecule has 0 saturated carbocycles. The van der Waals surface area contributed by atoms with E-state index in [4.69, 9.17) is 0 Å². The average Bonchev–Trinajstić information content (AvgIpc) is 2.18. The maximum atomic E-state index is 13.1. The van der Waals surface area contributed by atoms with Gasteiger partial charge in [0.1, 0.15) is 11.5 Å². The van der Waals surface area contributed by atoms with Gasteiger partial charge in [-0.1, -0.05) is 0 Å². The topological polar surface area (TPSA) is 55.7 Å². The molecule has 0 atom stereocenters. The fourth-order valence-electron chi connectivity index (χ4n) is 0.973. The average molecular weight is 215 g/mol. The van der Waals surface area contributed by atoms with Crippen LogP contribution in [0.5, 0.6) is 0 Å². The summed E-state index contributed by atoms with van der Waals surface area (Å²) in [5, 5.41) is 2.31. The van der Waals surface area contributed by atoms with Gasteiger partial charge in [-0.25, -0.2) is 13.6 Å². The Morgan fingerprint density at radius 3 is 2.60 bits per heavy atom. The first kappa shape index (κ1) is 11.2. The van der Waals surface area contributed by atoms with Crippen molar-refractivity contribution in [3.05, 3.63) is 34.2 Å². The number of rotatable bonds is 3. The van der Waals surface area contributed by atoms with E-state index in [0.717, 1.165) is 6.07 Å². The summed E-state index contributed by atoms with van der Waals surface area (Å²) in [5.74, 6) is -3.16. The smallest absolute Gasteiger partial charge is 0.341 e. The second-order valence-electron chi connectivity index (χ2n) is 2.60. The molecule has 0 spiro atoms. The molecule has 1 rings (SSSR count). The number of nitroso groups, excluding NO2 is 1. The Balaban J connectivity index is 3.18. The molecular formula is C9H7F2NO3. The van der Waals surface area contributed by atoms with Gasteiger partial charge in [0.05, 0.1) is 12.2 Å². The predicted octanol–water partition coefficient (Wildman–Crippen LogP) is 2.54. The van der Waals surface area contributed by atoms with E-state index in [1.54, 1.807) is 0 Å². The lowest BCUT2D eigenvalue weighted by Gasteiger charge is -2.03. The molecule has 0 fully saturated rings. The molecule has 0 unspecified atom stereocenters. The number of carbonyl (C=O) groups excluding carboxylic acids is 1. The van der Waals surface area contributed by atoms with Gasteiger partial charge in [-0.2, -0.15) is 0 Å². The van der Waals surface area contributed by atoms with Crippen LogP contribution in [0.25, 0.3) is 0 Å². The molecule has 6 heteroatoms. The SMILES string of the molecule is CCOC(=O)c1cc(N=O)c(F)cc1F. The molecule has 0 aliphatic carbocycles. The molecule has 0 aliphatic rings. The van der Waals surface area contributed by atoms with Crippen molar-refractivity contribution < 1.29 is 18.3 Å². The number of hydrogen-bond donors (Lipinski definition) is 0. The fourth-order valence-corrected chi connectivity index (χ4v) is 0.973. The highest BCUT2D eigenvalue weighted by atomic mass is 19.1. The van der Waals surface area contributed by atoms with E-state index in [-0.39, 0.29) is 6.61 Å². The van der Waals surface area contributed by atoms with E-state index >= 15 is 0 Å². The van der Waals surface area contributed by atoms with Gasteiger partial charge in [0, 0.05) is 6.07 Å². The monoisotopic (exact) mass is 215 g/mol. The fraction of sp³-hybridized carbons (Fsp3) is 0.222. The molecule has 1 aromatic rings. The third kappa shape index (κ3) is 2.34. The standard InChI is InChI=1S/C9H7F2NO3/c1-2-15-9(13)5-3-8(12-14)7(11)4-6(5)10/h3-4H,2H2,1H3. The molecule has 1 aromatic carbocycles. The lowest BCUT2D eigenvalue weighted by molar-refractivity contribution is 0.0521. The first-order chi connectivity index (χ1) is 7.10. The van der Waals surface area contributed by atoms with Crippen molar-refractivity contribution in [3.8, 4) is 0 Å². The summed E-state index contributed by atoms with van der Waals surface area (Å²) < 4.78 is 30.4. The van der Waals surface area contributed by atoms with Crippen molar-refractivity contribution in [3.63, 3.8) is 0 Å². The molecule has 0 bridgehead atoms. The third-order valence-corrected chi connectivity index (χ3v) is 1.63. The van der Waals surface area contributed by atoms with Crippen molar-refractivity contribution in [2.45, 2.75) is 6.92 Å². The van der Waals surface area contributed by atoms with Crippen LogP contribution < -0.4 is 0 Å². The third-order valence-electron chi connectivity index (χ3n) is 1.63. The minimum Gasteiger partial charge on any atom is -0.462 e. The van der Waals surface area contributed by atoms with Gasteiger partial charge < -0.3 is 4.74 Å². The van der Waals surface area contributed by atoms with Crippen molar-refractivity contribution in [1.29, 1.82) is 0 Å². The zero-order chi connectivity index (χ0) is 11.4. The highest BCUT2D eigenvalue weighted by Gasteiger charge is 2.17. The Kier molecular flexibility index (Phi) is 3.43. The normalized spacial score (nSPS) is 9.80. The minimum absolute atomic E-state index is 0.0551. The van der Waals surface area contributed by atoms with Gasteiger partial charge in [-0.3, -0.25) is 0 Å². The van der Waals surface area contributed by atoms with E-state index < -0.39 is 28.9 Å². The summed E-state index contributed by atoms with van der Waals surface area (Å²) >= 11 is 0. The summed E-state index contributed by atoms with van der Waals surface area (Å²) in [4.78, 5) is 21.2. The second-order valence-corrected chi connectivity index (χ2v) is 2.60. The molecule has 0 saturated heterocycles. The molecule has 0 radical (unpaired) electrons. The zero-order valence-corrected chi connectivity index (χ0v) is 7.79. The van der Waals surface area contributed by atoms with E-state index in [1.165, 1.54) is 6.92 Å². The number of ether oxygens (including phenoxy) is 1. The molecule has 4 nitrogen and oxygen atoms in total. The Labute approximate surface area is 83.8 Å². The number of hydrogen-bond acceptors (Lipinski definition) is 4. The van der Waals surface area contributed by atoms with Gasteiger partial charge in [-0.05, 0) is 18.2 Å². The highest BCUT2D eigenvalue weighted by molar-refractivity contribution is 5.90. The summed E-state index contributed by atoms with van der Waals surface area (Å²) in [6, 6.07) is 1.14. The van der Waals surface area contributed by atoms with Crippen LogP contribution >= 0.6 is 0 Å². The van der Waals surface area contributed by atoms with Crippen molar-refractivity contribution in [2.75, 3.05) is 6.61 Å². The van der Waals surface area contributed by atoms with E-state index in [1.807, 2.05) is 0 Å². The summed E-state index contributed by atoms with van der Waals surface area (Å²) in [6.07, 6.45) is 0. The van der Waals surface area contributed by atoms with Crippen LogP contribution in [0.15, 0.2) is 17.3 Å². The lowest BCUT2D eigenvalue weighted by Crippen LogP contribution is -2.07. The minimum atomic E-state index is -1.12. The molecule has 0 heterocycles. The largest absolute Gasteiger partial charge is 0.462 e. The Morgan fingerprint density at radius 2 is 2.07 bits per heavy atom. The van der Waals surface area contributed by atoms with Crippen molar-refractivity contribution in [1.82, 2.24) is 0 Å². The maximum Gasteiger partial charge on any atom is 0.341 e. The number of nitrogens with zero attached hydrogens (tertiary/aromatic N) is 1. The molecule has 0 aromatic heterocycles. The van der Waals surface area contributed by atoms with Crippen LogP contribution in [0, 0.1) is 16.5 Å². The van der Waals surface area contributed by atoms with Crippen molar-refractivity contribution >= 4 is 11.7 Å². The van der Waals surface area contributed by atoms with Gasteiger partial charge >= 0.3 is 5.97 Å². The van der Waals surface area contributed by atoms with E-state index in [2.05, 4.69) is 9.91 Å². The van der Waals surface area contributed by atoms with Crippen LogP contribution in [-0.4, -0.2) is 12.6 Å². The molecule has 0 amide bonds. The Bertz CT molecular complexity index is 407. The summed E-state index contributed by atoms with van der Waals surface area (Å²) in [7, 11) is 0. The summed E-state index contributed by atoms with van der Waals surface area (Å²) in [5.41, 5.74) is -1.13. The molecule has 0 N–H and O–H groups in total. The summed E-state index contributed by atoms with van der Waals surface area (Å²) in [6.45, 7) is 1.59. The maximum absolute atomic E-state index is 13.1. The molecular weight excluding hydrogens is 208 g/mol. The van der Waals surface area contributed by atoms with E-state index in [9.17, 15) is 18.5 Å². The van der Waals surface area contributed by atoms with Gasteiger partial charge in [0.15, 0.2) is 5.82 Å². The molecule has 0 aliphatic heterocycles. The number of halogens is 2. The van der Waals surface area contributed by atoms with Crippen LogP contribution in [0.3, 0.4) is 0 Å². The Morgan fingerprint density at radius 1 is 1.40 bits per heavy atom. The Hall–Kier alpha value is -1.85. The second kappa shape index (κ2) is 4.59. The first-order valence-electron chi connectivity index (χ1n) is 4.09. The quantitative estimate of drug-likeness (QED) is 0.575. The number of benzene rings is 1. The van der Waals surface area contributed by atoms with E-state index in [0.29, 0.717) is 6.07 Å². The van der Waals surface area contributed by atoms with Crippen LogP contribution in [0.1, 0.15) is 17.3 Å². The van der Waals surface area contributed by atoms with Gasteiger partial charge in [0.2, 0.25) is 0 Å². The first-order valence-corrected chi connectivity index (χ1v) is 4.09. The van der Waals surface area contributed by atoms with Crippen LogP contribution in [-0.2, 0) is 4.74 Å². The van der Waals surface area contributed by atoms with Gasteiger partial charge in [0.25, 0.3) is 0 Å².